The SMILES string of the molecule is CCCCC(C)[C@@H]1CC(N2CCCCC2)CCN1C(N)=O. The van der Waals surface area contributed by atoms with Crippen LogP contribution < -0.4 is 5.73 Å². The molecule has 0 aromatic heterocycles. The van der Waals surface area contributed by atoms with Gasteiger partial charge in [-0.05, 0) is 51.1 Å². The largest absolute Gasteiger partial charge is 0.351 e. The fourth-order valence-electron chi connectivity index (χ4n) is 4.12. The molecule has 0 radical (unpaired) electrons. The van der Waals surface area contributed by atoms with Crippen LogP contribution in [0.15, 0.2) is 0 Å². The summed E-state index contributed by atoms with van der Waals surface area (Å²) in [6, 6.07) is 0.783. The minimum Gasteiger partial charge on any atom is -0.351 e. The van der Waals surface area contributed by atoms with Crippen LogP contribution in [0.3, 0.4) is 0 Å². The molecule has 2 heterocycles. The second kappa shape index (κ2) is 8.02. The molecule has 2 rings (SSSR count). The topological polar surface area (TPSA) is 49.6 Å². The fraction of sp³-hybridized carbons (Fsp3) is 0.941. The zero-order valence-electron chi connectivity index (χ0n) is 13.9. The maximum absolute atomic E-state index is 11.8. The summed E-state index contributed by atoms with van der Waals surface area (Å²) in [6.45, 7) is 7.87. The van der Waals surface area contributed by atoms with E-state index in [1.165, 1.54) is 51.6 Å². The van der Waals surface area contributed by atoms with Crippen LogP contribution in [0.4, 0.5) is 4.79 Å². The molecule has 4 nitrogen and oxygen atoms in total. The third kappa shape index (κ3) is 4.35. The molecule has 0 aliphatic carbocycles. The van der Waals surface area contributed by atoms with E-state index in [9.17, 15) is 4.79 Å². The van der Waals surface area contributed by atoms with Crippen LogP contribution in [-0.4, -0.2) is 47.5 Å². The Kier molecular flexibility index (Phi) is 6.34. The average Bonchev–Trinajstić information content (AvgIpc) is 2.52. The molecule has 0 aromatic carbocycles. The predicted molar refractivity (Wildman–Crippen MR) is 87.2 cm³/mol. The van der Waals surface area contributed by atoms with Crippen LogP contribution in [-0.2, 0) is 0 Å². The van der Waals surface area contributed by atoms with Gasteiger partial charge in [-0.25, -0.2) is 4.79 Å². The van der Waals surface area contributed by atoms with Crippen molar-refractivity contribution in [2.45, 2.75) is 77.3 Å². The molecule has 2 N–H and O–H groups in total. The molecule has 2 unspecified atom stereocenters. The quantitative estimate of drug-likeness (QED) is 0.846. The second-order valence-corrected chi connectivity index (χ2v) is 6.99. The van der Waals surface area contributed by atoms with Gasteiger partial charge in [0.1, 0.15) is 0 Å². The van der Waals surface area contributed by atoms with Gasteiger partial charge in [0, 0.05) is 18.6 Å². The standard InChI is InChI=1S/C17H33N3O/c1-3-4-8-14(2)16-13-15(9-12-20(16)17(18)21)19-10-6-5-7-11-19/h14-16H,3-13H2,1-2H3,(H2,18,21)/t14?,15?,16-/m0/s1. The number of hydrogen-bond donors (Lipinski definition) is 1. The van der Waals surface area contributed by atoms with Gasteiger partial charge in [-0.1, -0.05) is 33.1 Å². The van der Waals surface area contributed by atoms with Crippen molar-refractivity contribution in [2.24, 2.45) is 11.7 Å². The molecule has 0 aromatic rings. The van der Waals surface area contributed by atoms with Gasteiger partial charge in [0.25, 0.3) is 0 Å². The number of hydrogen-bond acceptors (Lipinski definition) is 2. The first-order chi connectivity index (χ1) is 10.1. The lowest BCUT2D eigenvalue weighted by Crippen LogP contribution is -2.56. The molecule has 2 aliphatic heterocycles. The predicted octanol–water partition coefficient (Wildman–Crippen LogP) is 3.21. The van der Waals surface area contributed by atoms with Gasteiger partial charge in [0.15, 0.2) is 0 Å². The van der Waals surface area contributed by atoms with Crippen molar-refractivity contribution in [2.75, 3.05) is 19.6 Å². The van der Waals surface area contributed by atoms with Crippen LogP contribution in [0.25, 0.3) is 0 Å². The summed E-state index contributed by atoms with van der Waals surface area (Å²) in [6.07, 6.45) is 9.96. The number of piperidine rings is 2. The maximum Gasteiger partial charge on any atom is 0.315 e. The van der Waals surface area contributed by atoms with Crippen molar-refractivity contribution >= 4 is 6.03 Å². The van der Waals surface area contributed by atoms with Gasteiger partial charge in [-0.3, -0.25) is 0 Å². The van der Waals surface area contributed by atoms with Crippen molar-refractivity contribution in [1.29, 1.82) is 0 Å². The molecular weight excluding hydrogens is 262 g/mol. The number of carbonyl (C=O) groups is 1. The summed E-state index contributed by atoms with van der Waals surface area (Å²) in [5, 5.41) is 0. The minimum absolute atomic E-state index is 0.222. The van der Waals surface area contributed by atoms with Gasteiger partial charge in [0.2, 0.25) is 0 Å². The number of nitrogens with zero attached hydrogens (tertiary/aromatic N) is 2. The highest BCUT2D eigenvalue weighted by Crippen LogP contribution is 2.30. The van der Waals surface area contributed by atoms with Gasteiger partial charge in [-0.2, -0.15) is 0 Å². The van der Waals surface area contributed by atoms with Crippen molar-refractivity contribution in [3.05, 3.63) is 0 Å². The number of rotatable bonds is 5. The van der Waals surface area contributed by atoms with Crippen molar-refractivity contribution in [3.8, 4) is 0 Å². The summed E-state index contributed by atoms with van der Waals surface area (Å²) in [5.74, 6) is 0.560. The number of likely N-dealkylation sites (tertiary alicyclic amines) is 2. The van der Waals surface area contributed by atoms with Crippen molar-refractivity contribution in [1.82, 2.24) is 9.80 Å². The summed E-state index contributed by atoms with van der Waals surface area (Å²) >= 11 is 0. The van der Waals surface area contributed by atoms with Crippen LogP contribution >= 0.6 is 0 Å². The Morgan fingerprint density at radius 1 is 1.24 bits per heavy atom. The van der Waals surface area contributed by atoms with E-state index < -0.39 is 0 Å². The molecule has 2 amide bonds. The molecule has 122 valence electrons. The molecule has 2 fully saturated rings. The summed E-state index contributed by atoms with van der Waals surface area (Å²) in [7, 11) is 0. The molecule has 0 saturated carbocycles. The first-order valence-corrected chi connectivity index (χ1v) is 8.93. The smallest absolute Gasteiger partial charge is 0.315 e. The third-order valence-corrected chi connectivity index (χ3v) is 5.48. The monoisotopic (exact) mass is 295 g/mol. The van der Waals surface area contributed by atoms with E-state index in [1.807, 2.05) is 4.90 Å². The highest BCUT2D eigenvalue weighted by Gasteiger charge is 2.36. The number of nitrogens with two attached hydrogens (primary N) is 1. The van der Waals surface area contributed by atoms with E-state index in [4.69, 9.17) is 5.73 Å². The molecule has 0 spiro atoms. The molecule has 0 bridgehead atoms. The Balaban J connectivity index is 1.98. The lowest BCUT2D eigenvalue weighted by molar-refractivity contribution is 0.0526. The molecule has 3 atom stereocenters. The number of carbonyl (C=O) groups excluding carboxylic acids is 1. The van der Waals surface area contributed by atoms with Crippen LogP contribution in [0.5, 0.6) is 0 Å². The lowest BCUT2D eigenvalue weighted by Gasteiger charge is -2.46. The molecule has 4 heteroatoms. The van der Waals surface area contributed by atoms with Crippen molar-refractivity contribution < 1.29 is 4.79 Å². The fourth-order valence-corrected chi connectivity index (χ4v) is 4.12. The summed E-state index contributed by atoms with van der Waals surface area (Å²) < 4.78 is 0. The van der Waals surface area contributed by atoms with Gasteiger partial charge < -0.3 is 15.5 Å². The Morgan fingerprint density at radius 2 is 1.95 bits per heavy atom. The average molecular weight is 295 g/mol. The van der Waals surface area contributed by atoms with E-state index in [0.29, 0.717) is 18.0 Å². The number of unbranched alkanes of at least 4 members (excludes halogenated alkanes) is 1. The molecule has 2 aliphatic rings. The van der Waals surface area contributed by atoms with E-state index in [2.05, 4.69) is 18.7 Å². The highest BCUT2D eigenvalue weighted by molar-refractivity contribution is 5.72. The van der Waals surface area contributed by atoms with Gasteiger partial charge >= 0.3 is 6.03 Å². The molecule has 2 saturated heterocycles. The zero-order valence-corrected chi connectivity index (χ0v) is 13.9. The number of urea groups is 1. The highest BCUT2D eigenvalue weighted by atomic mass is 16.2. The lowest BCUT2D eigenvalue weighted by atomic mass is 9.85. The zero-order chi connectivity index (χ0) is 15.2. The van der Waals surface area contributed by atoms with Gasteiger partial charge in [-0.15, -0.1) is 0 Å². The minimum atomic E-state index is -0.222. The Hall–Kier alpha value is -0.770. The Labute approximate surface area is 130 Å². The van der Waals surface area contributed by atoms with Crippen molar-refractivity contribution in [3.63, 3.8) is 0 Å². The van der Waals surface area contributed by atoms with E-state index in [1.54, 1.807) is 0 Å². The van der Waals surface area contributed by atoms with Gasteiger partial charge in [0.05, 0.1) is 0 Å². The number of primary amides is 1. The van der Waals surface area contributed by atoms with E-state index in [-0.39, 0.29) is 6.03 Å². The van der Waals surface area contributed by atoms with E-state index >= 15 is 0 Å². The first kappa shape index (κ1) is 16.6. The first-order valence-electron chi connectivity index (χ1n) is 8.93. The normalized spacial score (nSPS) is 29.3. The number of amides is 2. The Bertz CT molecular complexity index is 328. The molecule has 21 heavy (non-hydrogen) atoms. The summed E-state index contributed by atoms with van der Waals surface area (Å²) in [4.78, 5) is 16.4. The van der Waals surface area contributed by atoms with Crippen LogP contribution in [0.2, 0.25) is 0 Å². The third-order valence-electron chi connectivity index (χ3n) is 5.48. The van der Waals surface area contributed by atoms with Crippen LogP contribution in [0.1, 0.15) is 65.2 Å². The second-order valence-electron chi connectivity index (χ2n) is 6.99. The molecular formula is C17H33N3O. The summed E-state index contributed by atoms with van der Waals surface area (Å²) in [5.41, 5.74) is 5.62. The maximum atomic E-state index is 11.8. The van der Waals surface area contributed by atoms with E-state index in [0.717, 1.165) is 19.4 Å². The van der Waals surface area contributed by atoms with Crippen LogP contribution in [0, 0.1) is 5.92 Å². The Morgan fingerprint density at radius 3 is 2.57 bits per heavy atom.